The van der Waals surface area contributed by atoms with Crippen molar-refractivity contribution in [2.45, 2.75) is 6.92 Å². The van der Waals surface area contributed by atoms with Gasteiger partial charge in [0.25, 0.3) is 0 Å². The third kappa shape index (κ3) is 2.94. The van der Waals surface area contributed by atoms with E-state index in [0.717, 1.165) is 10.9 Å². The van der Waals surface area contributed by atoms with Gasteiger partial charge in [-0.15, -0.1) is 0 Å². The van der Waals surface area contributed by atoms with E-state index in [4.69, 9.17) is 4.74 Å². The van der Waals surface area contributed by atoms with Crippen LogP contribution in [0.4, 0.5) is 0 Å². The van der Waals surface area contributed by atoms with Crippen molar-refractivity contribution in [3.8, 4) is 11.8 Å². The predicted octanol–water partition coefficient (Wildman–Crippen LogP) is 3.83. The van der Waals surface area contributed by atoms with Gasteiger partial charge in [-0.05, 0) is 36.6 Å². The number of aromatic nitrogens is 1. The maximum absolute atomic E-state index is 12.6. The van der Waals surface area contributed by atoms with E-state index >= 15 is 0 Å². The summed E-state index contributed by atoms with van der Waals surface area (Å²) in [4.78, 5) is 27.9. The van der Waals surface area contributed by atoms with Crippen LogP contribution in [0, 0.1) is 17.2 Å². The smallest absolute Gasteiger partial charge is 0.204 e. The van der Waals surface area contributed by atoms with Gasteiger partial charge in [0.05, 0.1) is 18.4 Å². The first-order chi connectivity index (χ1) is 11.6. The lowest BCUT2D eigenvalue weighted by molar-refractivity contribution is 0.0843. The Morgan fingerprint density at radius 1 is 1.29 bits per heavy atom. The van der Waals surface area contributed by atoms with Crippen LogP contribution in [0.2, 0.25) is 0 Å². The largest absolute Gasteiger partial charge is 0.494 e. The Hall–Kier alpha value is -2.91. The normalized spacial score (nSPS) is 11.8. The predicted molar refractivity (Wildman–Crippen MR) is 91.6 cm³/mol. The molecule has 3 rings (SSSR count). The lowest BCUT2D eigenvalue weighted by Crippen LogP contribution is -2.22. The van der Waals surface area contributed by atoms with Crippen molar-refractivity contribution in [2.24, 2.45) is 5.92 Å². The van der Waals surface area contributed by atoms with Crippen LogP contribution in [-0.4, -0.2) is 23.2 Å². The van der Waals surface area contributed by atoms with Gasteiger partial charge in [-0.3, -0.25) is 9.59 Å². The second-order valence-corrected chi connectivity index (χ2v) is 5.95. The van der Waals surface area contributed by atoms with Gasteiger partial charge in [0.15, 0.2) is 11.7 Å². The van der Waals surface area contributed by atoms with Crippen LogP contribution in [0.25, 0.3) is 10.9 Å². The van der Waals surface area contributed by atoms with Gasteiger partial charge in [0.1, 0.15) is 5.75 Å². The Morgan fingerprint density at radius 2 is 2.12 bits per heavy atom. The van der Waals surface area contributed by atoms with Crippen molar-refractivity contribution < 1.29 is 14.3 Å². The number of fused-ring (bicyclic) bond motifs is 1. The van der Waals surface area contributed by atoms with E-state index < -0.39 is 17.5 Å². The number of hydrogen-bond acceptors (Lipinski definition) is 5. The first kappa shape index (κ1) is 16.0. The number of thiophene rings is 1. The van der Waals surface area contributed by atoms with Crippen LogP contribution >= 0.6 is 11.3 Å². The average Bonchev–Trinajstić information content (AvgIpc) is 3.24. The number of Topliss-reactive ketones (excluding diaryl/α,β-unsaturated/α-hetero) is 2. The SMILES string of the molecule is CCOc1ccc2cc(C(=O)[C@H](C#N)C(=O)c3ccsc3)[nH]c2c1. The highest BCUT2D eigenvalue weighted by atomic mass is 32.1. The lowest BCUT2D eigenvalue weighted by atomic mass is 9.95. The number of ether oxygens (including phenoxy) is 1. The van der Waals surface area contributed by atoms with Crippen molar-refractivity contribution in [3.05, 3.63) is 52.3 Å². The summed E-state index contributed by atoms with van der Waals surface area (Å²) in [6.45, 7) is 2.44. The van der Waals surface area contributed by atoms with E-state index in [2.05, 4.69) is 4.98 Å². The van der Waals surface area contributed by atoms with Gasteiger partial charge in [-0.1, -0.05) is 0 Å². The highest BCUT2D eigenvalue weighted by molar-refractivity contribution is 7.08. The Morgan fingerprint density at radius 3 is 2.79 bits per heavy atom. The number of hydrogen-bond donors (Lipinski definition) is 1. The van der Waals surface area contributed by atoms with Crippen molar-refractivity contribution in [1.82, 2.24) is 4.98 Å². The van der Waals surface area contributed by atoms with Gasteiger partial charge in [-0.25, -0.2) is 0 Å². The van der Waals surface area contributed by atoms with Crippen molar-refractivity contribution in [3.63, 3.8) is 0 Å². The quantitative estimate of drug-likeness (QED) is 0.547. The standard InChI is InChI=1S/C18H14N2O3S/c1-2-23-13-4-3-11-7-16(20-15(11)8-13)18(22)14(9-19)17(21)12-5-6-24-10-12/h3-8,10,14,20H,2H2,1H3/t14-/m1/s1. The molecular formula is C18H14N2O3S. The molecule has 0 aliphatic carbocycles. The number of aromatic amines is 1. The molecule has 5 nitrogen and oxygen atoms in total. The zero-order chi connectivity index (χ0) is 17.1. The van der Waals surface area contributed by atoms with Crippen LogP contribution < -0.4 is 4.74 Å². The second-order valence-electron chi connectivity index (χ2n) is 5.17. The van der Waals surface area contributed by atoms with Gasteiger partial charge in [-0.2, -0.15) is 16.6 Å². The van der Waals surface area contributed by atoms with Crippen LogP contribution in [0.15, 0.2) is 41.1 Å². The molecule has 0 aliphatic heterocycles. The summed E-state index contributed by atoms with van der Waals surface area (Å²) in [5, 5.41) is 13.5. The highest BCUT2D eigenvalue weighted by Gasteiger charge is 2.29. The van der Waals surface area contributed by atoms with E-state index in [1.54, 1.807) is 29.0 Å². The maximum atomic E-state index is 12.6. The molecule has 120 valence electrons. The Bertz CT molecular complexity index is 935. The molecule has 0 radical (unpaired) electrons. The van der Waals surface area contributed by atoms with Crippen LogP contribution in [0.3, 0.4) is 0 Å². The fourth-order valence-corrected chi connectivity index (χ4v) is 3.10. The molecule has 3 aromatic rings. The molecule has 0 saturated heterocycles. The van der Waals surface area contributed by atoms with Crippen molar-refractivity contribution >= 4 is 33.8 Å². The number of nitrogens with one attached hydrogen (secondary N) is 1. The maximum Gasteiger partial charge on any atom is 0.204 e. The minimum Gasteiger partial charge on any atom is -0.494 e. The summed E-state index contributed by atoms with van der Waals surface area (Å²) in [6.07, 6.45) is 0. The molecule has 0 amide bonds. The number of nitriles is 1. The summed E-state index contributed by atoms with van der Waals surface area (Å²) >= 11 is 1.35. The molecular weight excluding hydrogens is 324 g/mol. The molecule has 0 unspecified atom stereocenters. The number of nitrogens with zero attached hydrogens (tertiary/aromatic N) is 1. The molecule has 0 bridgehead atoms. The molecule has 24 heavy (non-hydrogen) atoms. The summed E-state index contributed by atoms with van der Waals surface area (Å²) in [7, 11) is 0. The van der Waals surface area contributed by atoms with Gasteiger partial charge < -0.3 is 9.72 Å². The highest BCUT2D eigenvalue weighted by Crippen LogP contribution is 2.24. The van der Waals surface area contributed by atoms with Crippen molar-refractivity contribution in [2.75, 3.05) is 6.61 Å². The lowest BCUT2D eigenvalue weighted by Gasteiger charge is -2.04. The monoisotopic (exact) mass is 338 g/mol. The summed E-state index contributed by atoms with van der Waals surface area (Å²) in [6, 6.07) is 10.5. The molecule has 0 aliphatic rings. The zero-order valence-corrected chi connectivity index (χ0v) is 13.7. The van der Waals surface area contributed by atoms with Crippen LogP contribution in [-0.2, 0) is 0 Å². The fraction of sp³-hybridized carbons (Fsp3) is 0.167. The number of rotatable bonds is 6. The molecule has 0 fully saturated rings. The minimum absolute atomic E-state index is 0.244. The topological polar surface area (TPSA) is 82.9 Å². The third-order valence-corrected chi connectivity index (χ3v) is 4.31. The first-order valence-electron chi connectivity index (χ1n) is 7.40. The summed E-state index contributed by atoms with van der Waals surface area (Å²) in [5.74, 6) is -1.66. The Balaban J connectivity index is 1.92. The molecule has 1 N–H and O–H groups in total. The molecule has 2 heterocycles. The summed E-state index contributed by atoms with van der Waals surface area (Å²) in [5.41, 5.74) is 1.35. The number of H-pyrrole nitrogens is 1. The average molecular weight is 338 g/mol. The zero-order valence-electron chi connectivity index (χ0n) is 12.9. The number of carbonyl (C=O) groups is 2. The number of benzene rings is 1. The number of ketones is 2. The van der Waals surface area contributed by atoms with E-state index in [-0.39, 0.29) is 5.69 Å². The van der Waals surface area contributed by atoms with Crippen LogP contribution in [0.5, 0.6) is 5.75 Å². The second kappa shape index (κ2) is 6.69. The first-order valence-corrected chi connectivity index (χ1v) is 8.34. The molecule has 6 heteroatoms. The van der Waals surface area contributed by atoms with Gasteiger partial charge in [0.2, 0.25) is 5.78 Å². The Kier molecular flexibility index (Phi) is 4.45. The number of carbonyl (C=O) groups excluding carboxylic acids is 2. The third-order valence-electron chi connectivity index (χ3n) is 3.63. The van der Waals surface area contributed by atoms with E-state index in [9.17, 15) is 14.9 Å². The molecule has 1 atom stereocenters. The van der Waals surface area contributed by atoms with Crippen molar-refractivity contribution in [1.29, 1.82) is 5.26 Å². The van der Waals surface area contributed by atoms with Gasteiger partial charge >= 0.3 is 0 Å². The van der Waals surface area contributed by atoms with Gasteiger partial charge in [0, 0.05) is 27.9 Å². The molecule has 0 saturated carbocycles. The van der Waals surface area contributed by atoms with Crippen LogP contribution in [0.1, 0.15) is 27.8 Å². The molecule has 2 aromatic heterocycles. The molecule has 0 spiro atoms. The minimum atomic E-state index is -1.35. The Labute approximate surface area is 142 Å². The fourth-order valence-electron chi connectivity index (χ4n) is 2.46. The molecule has 1 aromatic carbocycles. The van der Waals surface area contributed by atoms with E-state index in [0.29, 0.717) is 17.9 Å². The van der Waals surface area contributed by atoms with E-state index in [1.165, 1.54) is 11.3 Å². The summed E-state index contributed by atoms with van der Waals surface area (Å²) < 4.78 is 5.43. The van der Waals surface area contributed by atoms with E-state index in [1.807, 2.05) is 25.1 Å².